The van der Waals surface area contributed by atoms with Crippen LogP contribution >= 0.6 is 0 Å². The topological polar surface area (TPSA) is 29.9 Å². The fourth-order valence-corrected chi connectivity index (χ4v) is 1.37. The van der Waals surface area contributed by atoms with Crippen molar-refractivity contribution in [3.05, 3.63) is 17.5 Å². The predicted molar refractivity (Wildman–Crippen MR) is 54.8 cm³/mol. The molecule has 0 radical (unpaired) electrons. The second-order valence-corrected chi connectivity index (χ2v) is 4.17. The maximum absolute atomic E-state index is 12.4. The standard InChI is InChI=1S/C10H16F3N3/c1-7(2)5-14-6-8-4-9(10(11,12)13)16(3)15-8/h4,7,14H,5-6H2,1-3H3. The van der Waals surface area contributed by atoms with Crippen LogP contribution in [0.15, 0.2) is 6.07 Å². The molecule has 6 heteroatoms. The lowest BCUT2D eigenvalue weighted by Gasteiger charge is -2.04. The monoisotopic (exact) mass is 235 g/mol. The Morgan fingerprint density at radius 2 is 2.06 bits per heavy atom. The smallest absolute Gasteiger partial charge is 0.311 e. The second kappa shape index (κ2) is 4.86. The summed E-state index contributed by atoms with van der Waals surface area (Å²) < 4.78 is 38.2. The van der Waals surface area contributed by atoms with Crippen molar-refractivity contribution in [3.8, 4) is 0 Å². The molecule has 0 saturated heterocycles. The van der Waals surface area contributed by atoms with Gasteiger partial charge in [-0.2, -0.15) is 18.3 Å². The Hall–Kier alpha value is -1.04. The first-order valence-corrected chi connectivity index (χ1v) is 5.11. The summed E-state index contributed by atoms with van der Waals surface area (Å²) in [6, 6.07) is 1.08. The number of aryl methyl sites for hydroxylation is 1. The average Bonchev–Trinajstić information content (AvgIpc) is 2.45. The molecule has 0 atom stereocenters. The summed E-state index contributed by atoms with van der Waals surface area (Å²) in [6.45, 7) is 5.19. The van der Waals surface area contributed by atoms with Crippen LogP contribution < -0.4 is 5.32 Å². The molecule has 0 aromatic carbocycles. The van der Waals surface area contributed by atoms with Crippen molar-refractivity contribution in [1.29, 1.82) is 0 Å². The van der Waals surface area contributed by atoms with Crippen LogP contribution in [0.3, 0.4) is 0 Å². The maximum Gasteiger partial charge on any atom is 0.433 e. The normalized spacial score (nSPS) is 12.4. The zero-order valence-corrected chi connectivity index (χ0v) is 9.60. The first-order valence-electron chi connectivity index (χ1n) is 5.11. The van der Waals surface area contributed by atoms with Gasteiger partial charge in [0.1, 0.15) is 5.69 Å². The minimum absolute atomic E-state index is 0.363. The van der Waals surface area contributed by atoms with E-state index in [0.29, 0.717) is 18.2 Å². The van der Waals surface area contributed by atoms with Crippen molar-refractivity contribution in [2.45, 2.75) is 26.6 Å². The minimum Gasteiger partial charge on any atom is -0.311 e. The van der Waals surface area contributed by atoms with Crippen molar-refractivity contribution in [2.24, 2.45) is 13.0 Å². The zero-order chi connectivity index (χ0) is 12.3. The number of alkyl halides is 3. The van der Waals surface area contributed by atoms with Crippen molar-refractivity contribution in [3.63, 3.8) is 0 Å². The Labute approximate surface area is 92.6 Å². The van der Waals surface area contributed by atoms with Gasteiger partial charge in [-0.3, -0.25) is 4.68 Å². The molecule has 0 spiro atoms. The molecule has 16 heavy (non-hydrogen) atoms. The molecule has 1 N–H and O–H groups in total. The van der Waals surface area contributed by atoms with Gasteiger partial charge in [0, 0.05) is 13.6 Å². The molecule has 1 aromatic heterocycles. The van der Waals surface area contributed by atoms with Gasteiger partial charge >= 0.3 is 6.18 Å². The number of hydrogen-bond acceptors (Lipinski definition) is 2. The predicted octanol–water partition coefficient (Wildman–Crippen LogP) is 2.18. The van der Waals surface area contributed by atoms with Gasteiger partial charge in [0.15, 0.2) is 0 Å². The summed E-state index contributed by atoms with van der Waals surface area (Å²) in [6.07, 6.45) is -4.34. The molecule has 0 saturated carbocycles. The number of nitrogens with one attached hydrogen (secondary N) is 1. The van der Waals surface area contributed by atoms with Crippen LogP contribution in [0.1, 0.15) is 25.2 Å². The van der Waals surface area contributed by atoms with E-state index in [2.05, 4.69) is 10.4 Å². The van der Waals surface area contributed by atoms with E-state index in [-0.39, 0.29) is 0 Å². The van der Waals surface area contributed by atoms with E-state index in [1.807, 2.05) is 13.8 Å². The Morgan fingerprint density at radius 3 is 2.50 bits per heavy atom. The number of nitrogens with zero attached hydrogens (tertiary/aromatic N) is 2. The Morgan fingerprint density at radius 1 is 1.44 bits per heavy atom. The molecule has 0 amide bonds. The van der Waals surface area contributed by atoms with Crippen molar-refractivity contribution in [1.82, 2.24) is 15.1 Å². The lowest BCUT2D eigenvalue weighted by molar-refractivity contribution is -0.143. The van der Waals surface area contributed by atoms with Crippen LogP contribution in [-0.4, -0.2) is 16.3 Å². The average molecular weight is 235 g/mol. The highest BCUT2D eigenvalue weighted by Gasteiger charge is 2.34. The summed E-state index contributed by atoms with van der Waals surface area (Å²) in [7, 11) is 1.30. The molecule has 0 aliphatic carbocycles. The third-order valence-corrected chi connectivity index (χ3v) is 2.08. The van der Waals surface area contributed by atoms with Crippen molar-refractivity contribution < 1.29 is 13.2 Å². The first-order chi connectivity index (χ1) is 7.30. The summed E-state index contributed by atoms with van der Waals surface area (Å²) in [5.74, 6) is 0.464. The summed E-state index contributed by atoms with van der Waals surface area (Å²) in [4.78, 5) is 0. The van der Waals surface area contributed by atoms with Crippen LogP contribution in [0, 0.1) is 5.92 Å². The van der Waals surface area contributed by atoms with Gasteiger partial charge in [-0.1, -0.05) is 13.8 Å². The van der Waals surface area contributed by atoms with Crippen molar-refractivity contribution >= 4 is 0 Å². The van der Waals surface area contributed by atoms with Crippen LogP contribution in [0.25, 0.3) is 0 Å². The van der Waals surface area contributed by atoms with Crippen LogP contribution in [0.5, 0.6) is 0 Å². The van der Waals surface area contributed by atoms with E-state index < -0.39 is 11.9 Å². The third-order valence-electron chi connectivity index (χ3n) is 2.08. The lowest BCUT2D eigenvalue weighted by atomic mass is 10.2. The van der Waals surface area contributed by atoms with Gasteiger partial charge < -0.3 is 5.32 Å². The molecule has 1 heterocycles. The molecule has 0 aliphatic rings. The Bertz CT molecular complexity index is 342. The molecule has 0 bridgehead atoms. The number of rotatable bonds is 4. The van der Waals surface area contributed by atoms with Crippen LogP contribution in [-0.2, 0) is 19.8 Å². The van der Waals surface area contributed by atoms with E-state index in [9.17, 15) is 13.2 Å². The fourth-order valence-electron chi connectivity index (χ4n) is 1.37. The maximum atomic E-state index is 12.4. The molecular weight excluding hydrogens is 219 g/mol. The SMILES string of the molecule is CC(C)CNCc1cc(C(F)(F)F)n(C)n1. The molecule has 1 aromatic rings. The highest BCUT2D eigenvalue weighted by atomic mass is 19.4. The van der Waals surface area contributed by atoms with Crippen LogP contribution in [0.2, 0.25) is 0 Å². The summed E-state index contributed by atoms with van der Waals surface area (Å²) in [5, 5.41) is 6.86. The molecule has 0 fully saturated rings. The van der Waals surface area contributed by atoms with Crippen LogP contribution in [0.4, 0.5) is 13.2 Å². The highest BCUT2D eigenvalue weighted by Crippen LogP contribution is 2.29. The van der Waals surface area contributed by atoms with E-state index in [4.69, 9.17) is 0 Å². The number of hydrogen-bond donors (Lipinski definition) is 1. The molecule has 0 unspecified atom stereocenters. The first kappa shape index (κ1) is 13.0. The van der Waals surface area contributed by atoms with E-state index in [1.54, 1.807) is 0 Å². The summed E-state index contributed by atoms with van der Waals surface area (Å²) in [5.41, 5.74) is -0.302. The molecule has 0 aliphatic heterocycles. The molecule has 92 valence electrons. The van der Waals surface area contributed by atoms with E-state index in [1.165, 1.54) is 7.05 Å². The van der Waals surface area contributed by atoms with Gasteiger partial charge in [-0.15, -0.1) is 0 Å². The quantitative estimate of drug-likeness (QED) is 0.867. The molecule has 1 rings (SSSR count). The van der Waals surface area contributed by atoms with Crippen molar-refractivity contribution in [2.75, 3.05) is 6.54 Å². The zero-order valence-electron chi connectivity index (χ0n) is 9.60. The Kier molecular flexibility index (Phi) is 3.96. The van der Waals surface area contributed by atoms with E-state index in [0.717, 1.165) is 17.3 Å². The fraction of sp³-hybridized carbons (Fsp3) is 0.700. The number of halogens is 3. The van der Waals surface area contributed by atoms with E-state index >= 15 is 0 Å². The van der Waals surface area contributed by atoms with Gasteiger partial charge in [0.25, 0.3) is 0 Å². The minimum atomic E-state index is -4.34. The lowest BCUT2D eigenvalue weighted by Crippen LogP contribution is -2.19. The third kappa shape index (κ3) is 3.52. The van der Waals surface area contributed by atoms with Gasteiger partial charge in [0.2, 0.25) is 0 Å². The van der Waals surface area contributed by atoms with Gasteiger partial charge in [0.05, 0.1) is 5.69 Å². The number of aromatic nitrogens is 2. The molecular formula is C10H16F3N3. The van der Waals surface area contributed by atoms with Gasteiger partial charge in [-0.05, 0) is 18.5 Å². The highest BCUT2D eigenvalue weighted by molar-refractivity contribution is 5.13. The molecule has 3 nitrogen and oxygen atoms in total. The Balaban J connectivity index is 2.63. The summed E-state index contributed by atoms with van der Waals surface area (Å²) >= 11 is 0. The van der Waals surface area contributed by atoms with Gasteiger partial charge in [-0.25, -0.2) is 0 Å². The largest absolute Gasteiger partial charge is 0.433 e. The second-order valence-electron chi connectivity index (χ2n) is 4.17.